The van der Waals surface area contributed by atoms with Crippen LogP contribution in [-0.4, -0.2) is 17.3 Å². The smallest absolute Gasteiger partial charge is 0.370 e. The third-order valence-electron chi connectivity index (χ3n) is 3.67. The number of rotatable bonds is 2. The second kappa shape index (κ2) is 3.73. The van der Waals surface area contributed by atoms with Gasteiger partial charge in [0.1, 0.15) is 5.60 Å². The summed E-state index contributed by atoms with van der Waals surface area (Å²) >= 11 is 0. The number of nitrogens with zero attached hydrogens (tertiary/aromatic N) is 1. The first-order valence-corrected chi connectivity index (χ1v) is 5.59. The lowest BCUT2D eigenvalue weighted by Gasteiger charge is -2.40. The Morgan fingerprint density at radius 1 is 1.31 bits per heavy atom. The van der Waals surface area contributed by atoms with Gasteiger partial charge in [-0.2, -0.15) is 0 Å². The summed E-state index contributed by atoms with van der Waals surface area (Å²) in [5.41, 5.74) is -0.131. The van der Waals surface area contributed by atoms with Crippen LogP contribution in [-0.2, 0) is 10.3 Å². The monoisotopic (exact) mass is 226 g/mol. The van der Waals surface area contributed by atoms with Crippen molar-refractivity contribution in [3.8, 4) is 0 Å². The van der Waals surface area contributed by atoms with Gasteiger partial charge in [0.25, 0.3) is 0 Å². The lowest BCUT2D eigenvalue weighted by Crippen LogP contribution is -2.37. The molecule has 16 heavy (non-hydrogen) atoms. The molecule has 0 saturated heterocycles. The molecular weight excluding hydrogens is 208 g/mol. The number of aromatic amines is 1. The SMILES string of the molecule is COC1(c2noc(=O)[nH]2)CCC(C)(C)CC1. The maximum absolute atomic E-state index is 11.0. The van der Waals surface area contributed by atoms with Crippen molar-refractivity contribution in [1.29, 1.82) is 0 Å². The molecule has 1 aromatic rings. The number of H-pyrrole nitrogens is 1. The van der Waals surface area contributed by atoms with E-state index < -0.39 is 11.4 Å². The summed E-state index contributed by atoms with van der Waals surface area (Å²) in [5, 5.41) is 3.76. The predicted octanol–water partition coefficient (Wildman–Crippen LogP) is 1.80. The Balaban J connectivity index is 2.25. The normalized spacial score (nSPS) is 23.2. The van der Waals surface area contributed by atoms with Gasteiger partial charge in [-0.1, -0.05) is 19.0 Å². The molecule has 1 fully saturated rings. The largest absolute Gasteiger partial charge is 0.439 e. The molecule has 90 valence electrons. The standard InChI is InChI=1S/C11H18N2O3/c1-10(2)4-6-11(15-3,7-5-10)8-12-9(14)16-13-8/h4-7H2,1-3H3,(H,12,13,14). The highest BCUT2D eigenvalue weighted by Crippen LogP contribution is 2.45. The van der Waals surface area contributed by atoms with E-state index in [9.17, 15) is 4.79 Å². The first kappa shape index (κ1) is 11.4. The van der Waals surface area contributed by atoms with Crippen molar-refractivity contribution in [2.24, 2.45) is 5.41 Å². The fraction of sp³-hybridized carbons (Fsp3) is 0.818. The second-order valence-corrected chi connectivity index (χ2v) is 5.31. The van der Waals surface area contributed by atoms with Gasteiger partial charge in [-0.3, -0.25) is 9.51 Å². The Morgan fingerprint density at radius 3 is 2.38 bits per heavy atom. The molecule has 1 heterocycles. The lowest BCUT2D eigenvalue weighted by atomic mass is 9.70. The van der Waals surface area contributed by atoms with Crippen molar-refractivity contribution < 1.29 is 9.26 Å². The summed E-state index contributed by atoms with van der Waals surface area (Å²) in [6.45, 7) is 4.50. The van der Waals surface area contributed by atoms with Gasteiger partial charge in [-0.25, -0.2) is 4.79 Å². The fourth-order valence-corrected chi connectivity index (χ4v) is 2.29. The Morgan fingerprint density at radius 2 is 1.94 bits per heavy atom. The molecule has 2 rings (SSSR count). The molecule has 5 nitrogen and oxygen atoms in total. The zero-order valence-electron chi connectivity index (χ0n) is 10.0. The Labute approximate surface area is 94.2 Å². The third-order valence-corrected chi connectivity index (χ3v) is 3.67. The highest BCUT2D eigenvalue weighted by atomic mass is 16.5. The summed E-state index contributed by atoms with van der Waals surface area (Å²) in [7, 11) is 1.66. The highest BCUT2D eigenvalue weighted by molar-refractivity contribution is 5.03. The Bertz CT molecular complexity index is 409. The van der Waals surface area contributed by atoms with Crippen LogP contribution in [0.1, 0.15) is 45.4 Å². The van der Waals surface area contributed by atoms with Gasteiger partial charge in [0.2, 0.25) is 0 Å². The van der Waals surface area contributed by atoms with Gasteiger partial charge in [0, 0.05) is 7.11 Å². The van der Waals surface area contributed by atoms with Crippen LogP contribution in [0.2, 0.25) is 0 Å². The minimum Gasteiger partial charge on any atom is -0.370 e. The van der Waals surface area contributed by atoms with E-state index in [1.807, 2.05) is 0 Å². The van der Waals surface area contributed by atoms with Gasteiger partial charge in [0.05, 0.1) is 0 Å². The van der Waals surface area contributed by atoms with E-state index in [0.717, 1.165) is 25.7 Å². The molecule has 0 aliphatic heterocycles. The topological polar surface area (TPSA) is 68.1 Å². The Hall–Kier alpha value is -1.10. The number of nitrogens with one attached hydrogen (secondary N) is 1. The van der Waals surface area contributed by atoms with E-state index in [1.54, 1.807) is 7.11 Å². The average Bonchev–Trinajstić information content (AvgIpc) is 2.66. The maximum atomic E-state index is 11.0. The molecule has 0 spiro atoms. The van der Waals surface area contributed by atoms with E-state index >= 15 is 0 Å². The molecule has 0 atom stereocenters. The van der Waals surface area contributed by atoms with Crippen LogP contribution in [0.4, 0.5) is 0 Å². The summed E-state index contributed by atoms with van der Waals surface area (Å²) < 4.78 is 10.1. The van der Waals surface area contributed by atoms with Crippen molar-refractivity contribution in [3.63, 3.8) is 0 Å². The van der Waals surface area contributed by atoms with Crippen molar-refractivity contribution in [3.05, 3.63) is 16.4 Å². The van der Waals surface area contributed by atoms with Crippen LogP contribution >= 0.6 is 0 Å². The Kier molecular flexibility index (Phi) is 2.66. The summed E-state index contributed by atoms with van der Waals surface area (Å²) in [4.78, 5) is 13.6. The molecule has 1 saturated carbocycles. The van der Waals surface area contributed by atoms with E-state index in [1.165, 1.54) is 0 Å². The van der Waals surface area contributed by atoms with Crippen LogP contribution < -0.4 is 5.76 Å². The van der Waals surface area contributed by atoms with Gasteiger partial charge in [-0.15, -0.1) is 0 Å². The van der Waals surface area contributed by atoms with E-state index in [2.05, 4.69) is 28.5 Å². The molecule has 1 aliphatic rings. The molecule has 5 heteroatoms. The fourth-order valence-electron chi connectivity index (χ4n) is 2.29. The van der Waals surface area contributed by atoms with E-state index in [4.69, 9.17) is 4.74 Å². The number of aromatic nitrogens is 2. The van der Waals surface area contributed by atoms with Gasteiger partial charge >= 0.3 is 5.76 Å². The minimum atomic E-state index is -0.517. The van der Waals surface area contributed by atoms with Crippen molar-refractivity contribution >= 4 is 0 Å². The zero-order valence-corrected chi connectivity index (χ0v) is 10.0. The van der Waals surface area contributed by atoms with Crippen LogP contribution in [0.15, 0.2) is 9.32 Å². The van der Waals surface area contributed by atoms with E-state index in [-0.39, 0.29) is 0 Å². The first-order valence-electron chi connectivity index (χ1n) is 5.59. The van der Waals surface area contributed by atoms with Gasteiger partial charge in [-0.05, 0) is 31.1 Å². The van der Waals surface area contributed by atoms with Gasteiger partial charge < -0.3 is 4.74 Å². The summed E-state index contributed by atoms with van der Waals surface area (Å²) in [6.07, 6.45) is 3.82. The van der Waals surface area contributed by atoms with Gasteiger partial charge in [0.15, 0.2) is 5.82 Å². The number of methoxy groups -OCH3 is 1. The second-order valence-electron chi connectivity index (χ2n) is 5.31. The molecular formula is C11H18N2O3. The third kappa shape index (κ3) is 1.91. The molecule has 0 bridgehead atoms. The maximum Gasteiger partial charge on any atom is 0.439 e. The van der Waals surface area contributed by atoms with E-state index in [0.29, 0.717) is 11.2 Å². The zero-order chi connectivity index (χ0) is 11.8. The molecule has 1 aromatic heterocycles. The molecule has 0 radical (unpaired) electrons. The summed E-state index contributed by atoms with van der Waals surface area (Å²) in [5.74, 6) is 0.00626. The average molecular weight is 226 g/mol. The molecule has 1 aliphatic carbocycles. The number of ether oxygens (including phenoxy) is 1. The predicted molar refractivity (Wildman–Crippen MR) is 58.1 cm³/mol. The van der Waals surface area contributed by atoms with Crippen LogP contribution in [0, 0.1) is 5.41 Å². The molecule has 0 unspecified atom stereocenters. The molecule has 0 aromatic carbocycles. The van der Waals surface area contributed by atoms with Crippen LogP contribution in [0.5, 0.6) is 0 Å². The summed E-state index contributed by atoms with van der Waals surface area (Å²) in [6, 6.07) is 0. The number of hydrogen-bond acceptors (Lipinski definition) is 4. The first-order chi connectivity index (χ1) is 7.47. The van der Waals surface area contributed by atoms with Crippen molar-refractivity contribution in [1.82, 2.24) is 10.1 Å². The lowest BCUT2D eigenvalue weighted by molar-refractivity contribution is -0.0740. The van der Waals surface area contributed by atoms with Crippen molar-refractivity contribution in [2.75, 3.05) is 7.11 Å². The molecule has 0 amide bonds. The van der Waals surface area contributed by atoms with Crippen molar-refractivity contribution in [2.45, 2.75) is 45.1 Å². The van der Waals surface area contributed by atoms with Crippen LogP contribution in [0.25, 0.3) is 0 Å². The number of hydrogen-bond donors (Lipinski definition) is 1. The van der Waals surface area contributed by atoms with Crippen LogP contribution in [0.3, 0.4) is 0 Å². The highest BCUT2D eigenvalue weighted by Gasteiger charge is 2.42. The quantitative estimate of drug-likeness (QED) is 0.835. The minimum absolute atomic E-state index is 0.339. The molecule has 1 N–H and O–H groups in total.